The van der Waals surface area contributed by atoms with E-state index < -0.39 is 0 Å². The largest absolute Gasteiger partial charge is 0.480 e. The molecule has 1 aromatic heterocycles. The van der Waals surface area contributed by atoms with Crippen LogP contribution in [-0.2, 0) is 4.74 Å². The number of pyridine rings is 1. The fourth-order valence-corrected chi connectivity index (χ4v) is 2.10. The number of rotatable bonds is 4. The summed E-state index contributed by atoms with van der Waals surface area (Å²) in [6.45, 7) is 2.73. The number of hydrogen-bond donors (Lipinski definition) is 1. The Bertz CT molecular complexity index is 416. The molecule has 1 aliphatic rings. The minimum absolute atomic E-state index is 0.00934. The van der Waals surface area contributed by atoms with Gasteiger partial charge in [0.05, 0.1) is 19.3 Å². The van der Waals surface area contributed by atoms with E-state index in [1.807, 2.05) is 6.92 Å². The Kier molecular flexibility index (Phi) is 4.15. The van der Waals surface area contributed by atoms with Gasteiger partial charge in [0.15, 0.2) is 0 Å². The highest BCUT2D eigenvalue weighted by Crippen LogP contribution is 2.17. The smallest absolute Gasteiger partial charge is 0.257 e. The average Bonchev–Trinajstić information content (AvgIpc) is 2.92. The third-order valence-corrected chi connectivity index (χ3v) is 3.09. The molecule has 5 heteroatoms. The molecule has 2 atom stereocenters. The molecular weight excluding hydrogens is 232 g/mol. The van der Waals surface area contributed by atoms with Gasteiger partial charge in [-0.3, -0.25) is 4.79 Å². The van der Waals surface area contributed by atoms with E-state index in [2.05, 4.69) is 10.3 Å². The van der Waals surface area contributed by atoms with Gasteiger partial charge in [-0.05, 0) is 31.9 Å². The second-order valence-electron chi connectivity index (χ2n) is 4.37. The Morgan fingerprint density at radius 2 is 2.50 bits per heavy atom. The van der Waals surface area contributed by atoms with E-state index >= 15 is 0 Å². The molecule has 1 amide bonds. The predicted octanol–water partition coefficient (Wildman–Crippen LogP) is 1.39. The van der Waals surface area contributed by atoms with Crippen LogP contribution in [0.1, 0.15) is 30.1 Å². The fourth-order valence-electron chi connectivity index (χ4n) is 2.10. The lowest BCUT2D eigenvalue weighted by molar-refractivity contribution is 0.0710. The van der Waals surface area contributed by atoms with Crippen LogP contribution in [0.5, 0.6) is 5.88 Å². The summed E-state index contributed by atoms with van der Waals surface area (Å²) < 4.78 is 10.6. The number of amides is 1. The zero-order valence-electron chi connectivity index (χ0n) is 10.7. The van der Waals surface area contributed by atoms with Crippen molar-refractivity contribution in [2.75, 3.05) is 13.7 Å². The Hall–Kier alpha value is -1.62. The number of nitrogens with one attached hydrogen (secondary N) is 1. The molecule has 2 unspecified atom stereocenters. The Balaban J connectivity index is 2.02. The Morgan fingerprint density at radius 1 is 1.67 bits per heavy atom. The van der Waals surface area contributed by atoms with Crippen LogP contribution in [-0.4, -0.2) is 36.8 Å². The molecule has 5 nitrogen and oxygen atoms in total. The van der Waals surface area contributed by atoms with Crippen molar-refractivity contribution in [1.29, 1.82) is 0 Å². The highest BCUT2D eigenvalue weighted by Gasteiger charge is 2.24. The first-order chi connectivity index (χ1) is 8.72. The number of hydrogen-bond acceptors (Lipinski definition) is 4. The summed E-state index contributed by atoms with van der Waals surface area (Å²) in [6, 6.07) is 3.40. The molecule has 1 aromatic rings. The lowest BCUT2D eigenvalue weighted by Crippen LogP contribution is -2.41. The van der Waals surface area contributed by atoms with Crippen molar-refractivity contribution >= 4 is 5.91 Å². The van der Waals surface area contributed by atoms with Crippen LogP contribution >= 0.6 is 0 Å². The second kappa shape index (κ2) is 5.82. The summed E-state index contributed by atoms with van der Waals surface area (Å²) in [5.41, 5.74) is 0.449. The molecule has 0 aromatic carbocycles. The van der Waals surface area contributed by atoms with Crippen LogP contribution in [0, 0.1) is 0 Å². The first kappa shape index (κ1) is 12.8. The molecule has 0 aliphatic carbocycles. The molecule has 0 spiro atoms. The van der Waals surface area contributed by atoms with Gasteiger partial charge in [0.1, 0.15) is 5.56 Å². The van der Waals surface area contributed by atoms with Gasteiger partial charge in [0.2, 0.25) is 5.88 Å². The van der Waals surface area contributed by atoms with Crippen molar-refractivity contribution in [3.8, 4) is 5.88 Å². The monoisotopic (exact) mass is 250 g/mol. The van der Waals surface area contributed by atoms with E-state index in [0.29, 0.717) is 11.4 Å². The molecule has 1 N–H and O–H groups in total. The van der Waals surface area contributed by atoms with Gasteiger partial charge in [-0.2, -0.15) is 0 Å². The van der Waals surface area contributed by atoms with Crippen LogP contribution < -0.4 is 10.1 Å². The van der Waals surface area contributed by atoms with E-state index in [0.717, 1.165) is 19.4 Å². The molecule has 2 heterocycles. The van der Waals surface area contributed by atoms with E-state index in [4.69, 9.17) is 9.47 Å². The molecular formula is C13H18N2O3. The number of carbonyl (C=O) groups is 1. The zero-order valence-corrected chi connectivity index (χ0v) is 10.7. The van der Waals surface area contributed by atoms with Crippen molar-refractivity contribution < 1.29 is 14.3 Å². The molecule has 18 heavy (non-hydrogen) atoms. The fraction of sp³-hybridized carbons (Fsp3) is 0.538. The molecule has 0 radical (unpaired) electrons. The van der Waals surface area contributed by atoms with Crippen LogP contribution in [0.25, 0.3) is 0 Å². The van der Waals surface area contributed by atoms with E-state index in [-0.39, 0.29) is 18.1 Å². The van der Waals surface area contributed by atoms with Crippen LogP contribution in [0.15, 0.2) is 18.3 Å². The highest BCUT2D eigenvalue weighted by molar-refractivity contribution is 5.96. The van der Waals surface area contributed by atoms with Gasteiger partial charge in [-0.15, -0.1) is 0 Å². The zero-order chi connectivity index (χ0) is 13.0. The van der Waals surface area contributed by atoms with Crippen molar-refractivity contribution in [2.45, 2.75) is 31.9 Å². The van der Waals surface area contributed by atoms with E-state index in [1.165, 1.54) is 7.11 Å². The topological polar surface area (TPSA) is 60.5 Å². The van der Waals surface area contributed by atoms with Crippen LogP contribution in [0.3, 0.4) is 0 Å². The van der Waals surface area contributed by atoms with Crippen molar-refractivity contribution in [1.82, 2.24) is 10.3 Å². The number of aromatic nitrogens is 1. The molecule has 2 rings (SSSR count). The highest BCUT2D eigenvalue weighted by atomic mass is 16.5. The minimum Gasteiger partial charge on any atom is -0.480 e. The quantitative estimate of drug-likeness (QED) is 0.877. The molecule has 1 aliphatic heterocycles. The summed E-state index contributed by atoms with van der Waals surface area (Å²) >= 11 is 0. The van der Waals surface area contributed by atoms with Gasteiger partial charge < -0.3 is 14.8 Å². The predicted molar refractivity (Wildman–Crippen MR) is 66.7 cm³/mol. The first-order valence-electron chi connectivity index (χ1n) is 6.14. The third-order valence-electron chi connectivity index (χ3n) is 3.09. The summed E-state index contributed by atoms with van der Waals surface area (Å²) in [5.74, 6) is 0.164. The SMILES string of the molecule is COc1ncccc1C(=O)NC(C)C1CCCO1. The van der Waals surface area contributed by atoms with Gasteiger partial charge in [-0.25, -0.2) is 4.98 Å². The van der Waals surface area contributed by atoms with Crippen LogP contribution in [0.4, 0.5) is 0 Å². The van der Waals surface area contributed by atoms with Gasteiger partial charge in [0.25, 0.3) is 5.91 Å². The maximum atomic E-state index is 12.1. The molecule has 1 fully saturated rings. The Labute approximate surface area is 107 Å². The maximum absolute atomic E-state index is 12.1. The number of methoxy groups -OCH3 is 1. The van der Waals surface area contributed by atoms with Crippen molar-refractivity contribution in [3.63, 3.8) is 0 Å². The second-order valence-corrected chi connectivity index (χ2v) is 4.37. The van der Waals surface area contributed by atoms with E-state index in [9.17, 15) is 4.79 Å². The lowest BCUT2D eigenvalue weighted by atomic mass is 10.1. The summed E-state index contributed by atoms with van der Waals surface area (Å²) in [4.78, 5) is 16.1. The standard InChI is InChI=1S/C13H18N2O3/c1-9(11-6-4-8-18-11)15-12(16)10-5-3-7-14-13(10)17-2/h3,5,7,9,11H,4,6,8H2,1-2H3,(H,15,16). The first-order valence-corrected chi connectivity index (χ1v) is 6.14. The molecule has 1 saturated heterocycles. The number of ether oxygens (including phenoxy) is 2. The van der Waals surface area contributed by atoms with Gasteiger partial charge >= 0.3 is 0 Å². The molecule has 0 saturated carbocycles. The number of carbonyl (C=O) groups excluding carboxylic acids is 1. The van der Waals surface area contributed by atoms with Gasteiger partial charge in [0, 0.05) is 12.8 Å². The van der Waals surface area contributed by atoms with E-state index in [1.54, 1.807) is 18.3 Å². The third kappa shape index (κ3) is 2.79. The summed E-state index contributed by atoms with van der Waals surface area (Å²) in [5, 5.41) is 2.93. The average molecular weight is 250 g/mol. The number of nitrogens with zero attached hydrogens (tertiary/aromatic N) is 1. The lowest BCUT2D eigenvalue weighted by Gasteiger charge is -2.20. The summed E-state index contributed by atoms with van der Waals surface area (Å²) in [7, 11) is 1.50. The van der Waals surface area contributed by atoms with Crippen molar-refractivity contribution in [2.24, 2.45) is 0 Å². The molecule has 0 bridgehead atoms. The summed E-state index contributed by atoms with van der Waals surface area (Å²) in [6.07, 6.45) is 3.75. The molecule has 98 valence electrons. The van der Waals surface area contributed by atoms with Gasteiger partial charge in [-0.1, -0.05) is 0 Å². The van der Waals surface area contributed by atoms with Crippen molar-refractivity contribution in [3.05, 3.63) is 23.9 Å². The van der Waals surface area contributed by atoms with Crippen LogP contribution in [0.2, 0.25) is 0 Å². The minimum atomic E-state index is -0.178. The maximum Gasteiger partial charge on any atom is 0.257 e. The Morgan fingerprint density at radius 3 is 3.17 bits per heavy atom. The normalized spacial score (nSPS) is 20.4.